The summed E-state index contributed by atoms with van der Waals surface area (Å²) < 4.78 is 0. The lowest BCUT2D eigenvalue weighted by Gasteiger charge is -2.16. The van der Waals surface area contributed by atoms with Crippen LogP contribution in [-0.4, -0.2) is 23.8 Å². The van der Waals surface area contributed by atoms with Crippen molar-refractivity contribution in [3.05, 3.63) is 78.4 Å². The van der Waals surface area contributed by atoms with Gasteiger partial charge in [0.05, 0.1) is 0 Å². The first-order valence-corrected chi connectivity index (χ1v) is 7.72. The highest BCUT2D eigenvalue weighted by Gasteiger charge is 2.18. The number of fused-ring (bicyclic) bond motifs is 1. The Hall–Kier alpha value is -3.14. The Morgan fingerprint density at radius 3 is 2.29 bits per heavy atom. The molecule has 0 aliphatic carbocycles. The van der Waals surface area contributed by atoms with E-state index in [4.69, 9.17) is 0 Å². The van der Waals surface area contributed by atoms with Crippen LogP contribution in [0.3, 0.4) is 0 Å². The summed E-state index contributed by atoms with van der Waals surface area (Å²) in [6, 6.07) is 23.0. The van der Waals surface area contributed by atoms with E-state index < -0.39 is 11.8 Å². The zero-order valence-corrected chi connectivity index (χ0v) is 13.4. The highest BCUT2D eigenvalue weighted by atomic mass is 16.2. The van der Waals surface area contributed by atoms with E-state index in [2.05, 4.69) is 5.32 Å². The van der Waals surface area contributed by atoms with Crippen LogP contribution in [0.5, 0.6) is 0 Å². The van der Waals surface area contributed by atoms with Gasteiger partial charge in [-0.05, 0) is 28.5 Å². The van der Waals surface area contributed by atoms with Crippen molar-refractivity contribution in [1.29, 1.82) is 0 Å². The molecule has 0 radical (unpaired) electrons. The van der Waals surface area contributed by atoms with E-state index in [9.17, 15) is 9.59 Å². The van der Waals surface area contributed by atoms with Crippen molar-refractivity contribution >= 4 is 28.3 Å². The van der Waals surface area contributed by atoms with Crippen LogP contribution in [0.15, 0.2) is 72.8 Å². The van der Waals surface area contributed by atoms with Gasteiger partial charge in [-0.3, -0.25) is 9.59 Å². The zero-order chi connectivity index (χ0) is 16.9. The summed E-state index contributed by atoms with van der Waals surface area (Å²) in [7, 11) is 1.62. The van der Waals surface area contributed by atoms with Gasteiger partial charge in [0.2, 0.25) is 0 Å². The summed E-state index contributed by atoms with van der Waals surface area (Å²) in [6.07, 6.45) is 0. The Bertz CT molecular complexity index is 875. The number of amides is 2. The fraction of sp³-hybridized carbons (Fsp3) is 0.100. The van der Waals surface area contributed by atoms with Crippen molar-refractivity contribution in [3.63, 3.8) is 0 Å². The van der Waals surface area contributed by atoms with Crippen LogP contribution in [0.25, 0.3) is 10.8 Å². The Morgan fingerprint density at radius 2 is 1.54 bits per heavy atom. The number of nitrogens with one attached hydrogen (secondary N) is 1. The second kappa shape index (κ2) is 6.96. The van der Waals surface area contributed by atoms with Crippen molar-refractivity contribution in [2.75, 3.05) is 12.4 Å². The topological polar surface area (TPSA) is 49.4 Å². The minimum absolute atomic E-state index is 0.394. The highest BCUT2D eigenvalue weighted by molar-refractivity contribution is 6.39. The average Bonchev–Trinajstić information content (AvgIpc) is 2.61. The van der Waals surface area contributed by atoms with Crippen molar-refractivity contribution < 1.29 is 9.59 Å². The lowest BCUT2D eigenvalue weighted by molar-refractivity contribution is -0.142. The molecule has 1 N–H and O–H groups in total. The molecule has 3 aromatic rings. The maximum atomic E-state index is 12.2. The van der Waals surface area contributed by atoms with Crippen LogP contribution in [0.4, 0.5) is 5.69 Å². The van der Waals surface area contributed by atoms with Gasteiger partial charge >= 0.3 is 11.8 Å². The van der Waals surface area contributed by atoms with Crippen LogP contribution in [0, 0.1) is 0 Å². The first-order valence-electron chi connectivity index (χ1n) is 7.72. The molecule has 0 saturated heterocycles. The molecule has 0 unspecified atom stereocenters. The summed E-state index contributed by atoms with van der Waals surface area (Å²) >= 11 is 0. The van der Waals surface area contributed by atoms with Crippen molar-refractivity contribution in [2.24, 2.45) is 0 Å². The molecule has 120 valence electrons. The number of anilines is 1. The van der Waals surface area contributed by atoms with E-state index in [1.807, 2.05) is 66.7 Å². The van der Waals surface area contributed by atoms with Gasteiger partial charge in [0.15, 0.2) is 0 Å². The maximum Gasteiger partial charge on any atom is 0.313 e. The van der Waals surface area contributed by atoms with Crippen molar-refractivity contribution in [3.8, 4) is 0 Å². The molecule has 2 amide bonds. The molecule has 4 nitrogen and oxygen atoms in total. The van der Waals surface area contributed by atoms with Crippen molar-refractivity contribution in [1.82, 2.24) is 4.90 Å². The molecule has 0 saturated carbocycles. The van der Waals surface area contributed by atoms with Crippen LogP contribution >= 0.6 is 0 Å². The smallest absolute Gasteiger partial charge is 0.313 e. The third-order valence-corrected chi connectivity index (χ3v) is 3.81. The first kappa shape index (κ1) is 15.7. The summed E-state index contributed by atoms with van der Waals surface area (Å²) in [5.41, 5.74) is 1.59. The number of rotatable bonds is 3. The van der Waals surface area contributed by atoms with Gasteiger partial charge in [-0.1, -0.05) is 60.7 Å². The predicted octanol–water partition coefficient (Wildman–Crippen LogP) is 3.44. The molecule has 3 rings (SSSR count). The molecule has 0 aliphatic heterocycles. The maximum absolute atomic E-state index is 12.2. The average molecular weight is 318 g/mol. The fourth-order valence-electron chi connectivity index (χ4n) is 2.55. The van der Waals surface area contributed by atoms with Gasteiger partial charge in [-0.25, -0.2) is 0 Å². The van der Waals surface area contributed by atoms with Gasteiger partial charge in [0.25, 0.3) is 0 Å². The molecule has 0 heterocycles. The zero-order valence-electron chi connectivity index (χ0n) is 13.4. The number of nitrogens with zero attached hydrogens (tertiary/aromatic N) is 1. The fourth-order valence-corrected chi connectivity index (χ4v) is 2.55. The van der Waals surface area contributed by atoms with E-state index in [1.54, 1.807) is 13.1 Å². The molecule has 0 aromatic heterocycles. The number of hydrogen-bond donors (Lipinski definition) is 1. The first-order chi connectivity index (χ1) is 11.6. The molecule has 4 heteroatoms. The van der Waals surface area contributed by atoms with Crippen molar-refractivity contribution in [2.45, 2.75) is 6.54 Å². The van der Waals surface area contributed by atoms with E-state index in [0.717, 1.165) is 16.3 Å². The van der Waals surface area contributed by atoms with Gasteiger partial charge in [0, 0.05) is 19.3 Å². The highest BCUT2D eigenvalue weighted by Crippen LogP contribution is 2.18. The number of benzene rings is 3. The van der Waals surface area contributed by atoms with E-state index >= 15 is 0 Å². The Labute approximate surface area is 140 Å². The molecule has 3 aromatic carbocycles. The molecule has 0 aliphatic rings. The normalized spacial score (nSPS) is 10.4. The monoisotopic (exact) mass is 318 g/mol. The molecule has 0 atom stereocenters. The third-order valence-electron chi connectivity index (χ3n) is 3.81. The lowest BCUT2D eigenvalue weighted by Crippen LogP contribution is -2.36. The van der Waals surface area contributed by atoms with Crippen LogP contribution in [0.1, 0.15) is 5.56 Å². The predicted molar refractivity (Wildman–Crippen MR) is 95.5 cm³/mol. The van der Waals surface area contributed by atoms with E-state index in [1.165, 1.54) is 4.90 Å². The minimum atomic E-state index is -0.635. The van der Waals surface area contributed by atoms with Crippen LogP contribution < -0.4 is 5.32 Å². The van der Waals surface area contributed by atoms with E-state index in [0.29, 0.717) is 12.2 Å². The van der Waals surface area contributed by atoms with Gasteiger partial charge in [-0.2, -0.15) is 0 Å². The van der Waals surface area contributed by atoms with Gasteiger partial charge in [-0.15, -0.1) is 0 Å². The lowest BCUT2D eigenvalue weighted by atomic mass is 10.1. The van der Waals surface area contributed by atoms with E-state index in [-0.39, 0.29) is 0 Å². The largest absolute Gasteiger partial charge is 0.333 e. The van der Waals surface area contributed by atoms with Gasteiger partial charge < -0.3 is 10.2 Å². The SMILES string of the molecule is CN(Cc1ccccc1)C(=O)C(=O)Nc1ccc2ccccc2c1. The Kier molecular flexibility index (Phi) is 4.57. The molecular formula is C20H18N2O2. The molecule has 0 bridgehead atoms. The summed E-state index contributed by atoms with van der Waals surface area (Å²) in [5, 5.41) is 4.77. The molecular weight excluding hydrogens is 300 g/mol. The number of hydrogen-bond acceptors (Lipinski definition) is 2. The van der Waals surface area contributed by atoms with Crippen LogP contribution in [0.2, 0.25) is 0 Å². The second-order valence-electron chi connectivity index (χ2n) is 5.66. The number of carbonyl (C=O) groups excluding carboxylic acids is 2. The minimum Gasteiger partial charge on any atom is -0.333 e. The molecule has 0 fully saturated rings. The summed E-state index contributed by atoms with van der Waals surface area (Å²) in [5.74, 6) is -1.20. The standard InChI is InChI=1S/C20H18N2O2/c1-22(14-15-7-3-2-4-8-15)20(24)19(23)21-18-12-11-16-9-5-6-10-17(16)13-18/h2-13H,14H2,1H3,(H,21,23). The van der Waals surface area contributed by atoms with Crippen LogP contribution in [-0.2, 0) is 16.1 Å². The third kappa shape index (κ3) is 3.60. The second-order valence-corrected chi connectivity index (χ2v) is 5.66. The summed E-state index contributed by atoms with van der Waals surface area (Å²) in [4.78, 5) is 25.8. The van der Waals surface area contributed by atoms with Gasteiger partial charge in [0.1, 0.15) is 0 Å². The summed E-state index contributed by atoms with van der Waals surface area (Å²) in [6.45, 7) is 0.394. The quantitative estimate of drug-likeness (QED) is 0.752. The molecule has 24 heavy (non-hydrogen) atoms. The Balaban J connectivity index is 1.67. The Morgan fingerprint density at radius 1 is 0.875 bits per heavy atom. The number of carbonyl (C=O) groups is 2. The number of likely N-dealkylation sites (N-methyl/N-ethyl adjacent to an activating group) is 1. The molecule has 0 spiro atoms.